The van der Waals surface area contributed by atoms with Crippen molar-refractivity contribution in [1.29, 1.82) is 0 Å². The molecule has 0 aromatic heterocycles. The first-order chi connectivity index (χ1) is 10.2. The van der Waals surface area contributed by atoms with Crippen LogP contribution in [0.25, 0.3) is 0 Å². The molecule has 1 aliphatic heterocycles. The van der Waals surface area contributed by atoms with Crippen LogP contribution in [0.15, 0.2) is 24.3 Å². The van der Waals surface area contributed by atoms with Crippen LogP contribution in [-0.4, -0.2) is 42.8 Å². The molecule has 2 rings (SSSR count). The van der Waals surface area contributed by atoms with E-state index >= 15 is 0 Å². The lowest BCUT2D eigenvalue weighted by atomic mass is 10.1. The SMILES string of the molecule is COC(=O)c1ccc(CCCN2C(=O)CC[C@@H]2C=O)cc1. The van der Waals surface area contributed by atoms with Gasteiger partial charge < -0.3 is 14.4 Å². The fourth-order valence-corrected chi connectivity index (χ4v) is 2.57. The number of esters is 1. The number of hydrogen-bond acceptors (Lipinski definition) is 4. The number of aldehydes is 1. The Morgan fingerprint density at radius 1 is 1.38 bits per heavy atom. The fourth-order valence-electron chi connectivity index (χ4n) is 2.57. The Hall–Kier alpha value is -2.17. The largest absolute Gasteiger partial charge is 0.465 e. The number of amides is 1. The standard InChI is InChI=1S/C16H19NO4/c1-21-16(20)13-6-4-12(5-7-13)3-2-10-17-14(11-18)8-9-15(17)19/h4-7,11,14H,2-3,8-10H2,1H3/t14-/m1/s1. The zero-order chi connectivity index (χ0) is 15.2. The number of rotatable bonds is 6. The maximum atomic E-state index is 11.7. The van der Waals surface area contributed by atoms with Crippen molar-refractivity contribution in [2.45, 2.75) is 31.7 Å². The average molecular weight is 289 g/mol. The van der Waals surface area contributed by atoms with E-state index in [0.29, 0.717) is 24.9 Å². The molecule has 1 fully saturated rings. The van der Waals surface area contributed by atoms with E-state index in [-0.39, 0.29) is 17.9 Å². The maximum Gasteiger partial charge on any atom is 0.337 e. The Balaban J connectivity index is 1.84. The number of methoxy groups -OCH3 is 1. The highest BCUT2D eigenvalue weighted by Gasteiger charge is 2.29. The lowest BCUT2D eigenvalue weighted by Crippen LogP contribution is -2.34. The summed E-state index contributed by atoms with van der Waals surface area (Å²) in [7, 11) is 1.35. The predicted molar refractivity (Wildman–Crippen MR) is 76.9 cm³/mol. The van der Waals surface area contributed by atoms with E-state index in [0.717, 1.165) is 24.7 Å². The van der Waals surface area contributed by atoms with Gasteiger partial charge in [-0.1, -0.05) is 12.1 Å². The number of ether oxygens (including phenoxy) is 1. The summed E-state index contributed by atoms with van der Waals surface area (Å²) in [5, 5.41) is 0. The number of benzene rings is 1. The van der Waals surface area contributed by atoms with Crippen molar-refractivity contribution in [3.05, 3.63) is 35.4 Å². The van der Waals surface area contributed by atoms with E-state index in [9.17, 15) is 14.4 Å². The van der Waals surface area contributed by atoms with Gasteiger partial charge in [0.25, 0.3) is 0 Å². The first-order valence-electron chi connectivity index (χ1n) is 7.07. The summed E-state index contributed by atoms with van der Waals surface area (Å²) in [5.41, 5.74) is 1.62. The van der Waals surface area contributed by atoms with Crippen molar-refractivity contribution in [3.63, 3.8) is 0 Å². The maximum absolute atomic E-state index is 11.7. The minimum Gasteiger partial charge on any atom is -0.465 e. The predicted octanol–water partition coefficient (Wildman–Crippen LogP) is 1.60. The highest BCUT2D eigenvalue weighted by atomic mass is 16.5. The Bertz CT molecular complexity index is 524. The third-order valence-corrected chi connectivity index (χ3v) is 3.77. The quantitative estimate of drug-likeness (QED) is 0.589. The summed E-state index contributed by atoms with van der Waals surface area (Å²) >= 11 is 0. The molecule has 1 aromatic carbocycles. The minimum absolute atomic E-state index is 0.0631. The van der Waals surface area contributed by atoms with Gasteiger partial charge in [-0.2, -0.15) is 0 Å². The van der Waals surface area contributed by atoms with Gasteiger partial charge >= 0.3 is 5.97 Å². The third kappa shape index (κ3) is 3.68. The molecule has 112 valence electrons. The highest BCUT2D eigenvalue weighted by molar-refractivity contribution is 5.89. The summed E-state index contributed by atoms with van der Waals surface area (Å²) < 4.78 is 4.64. The van der Waals surface area contributed by atoms with Gasteiger partial charge in [-0.15, -0.1) is 0 Å². The van der Waals surface area contributed by atoms with Crippen molar-refractivity contribution >= 4 is 18.2 Å². The summed E-state index contributed by atoms with van der Waals surface area (Å²) in [6.45, 7) is 0.598. The van der Waals surface area contributed by atoms with Crippen molar-refractivity contribution in [1.82, 2.24) is 4.90 Å². The smallest absolute Gasteiger partial charge is 0.337 e. The molecular weight excluding hydrogens is 270 g/mol. The molecule has 5 nitrogen and oxygen atoms in total. The molecule has 1 aliphatic rings. The summed E-state index contributed by atoms with van der Waals surface area (Å²) in [6.07, 6.45) is 3.56. The van der Waals surface area contributed by atoms with Crippen LogP contribution in [0.1, 0.15) is 35.2 Å². The van der Waals surface area contributed by atoms with E-state index in [1.54, 1.807) is 17.0 Å². The lowest BCUT2D eigenvalue weighted by Gasteiger charge is -2.20. The summed E-state index contributed by atoms with van der Waals surface area (Å²) in [6, 6.07) is 6.98. The third-order valence-electron chi connectivity index (χ3n) is 3.77. The molecule has 1 aromatic rings. The number of hydrogen-bond donors (Lipinski definition) is 0. The second kappa shape index (κ2) is 7.02. The molecule has 1 atom stereocenters. The molecule has 0 N–H and O–H groups in total. The van der Waals surface area contributed by atoms with Gasteiger partial charge in [0.05, 0.1) is 18.7 Å². The van der Waals surface area contributed by atoms with Crippen LogP contribution in [0.2, 0.25) is 0 Å². The van der Waals surface area contributed by atoms with Gasteiger partial charge in [-0.05, 0) is 37.0 Å². The van der Waals surface area contributed by atoms with Gasteiger partial charge in [-0.25, -0.2) is 4.79 Å². The van der Waals surface area contributed by atoms with Crippen molar-refractivity contribution in [2.24, 2.45) is 0 Å². The molecule has 1 heterocycles. The Kier molecular flexibility index (Phi) is 5.09. The zero-order valence-electron chi connectivity index (χ0n) is 12.1. The molecule has 0 radical (unpaired) electrons. The highest BCUT2D eigenvalue weighted by Crippen LogP contribution is 2.18. The second-order valence-electron chi connectivity index (χ2n) is 5.12. The molecule has 1 amide bonds. The molecular formula is C16H19NO4. The average Bonchev–Trinajstić information content (AvgIpc) is 2.87. The van der Waals surface area contributed by atoms with Crippen molar-refractivity contribution < 1.29 is 19.1 Å². The number of carbonyl (C=O) groups excluding carboxylic acids is 3. The van der Waals surface area contributed by atoms with Crippen LogP contribution in [0, 0.1) is 0 Å². The first kappa shape index (κ1) is 15.2. The molecule has 0 bridgehead atoms. The Morgan fingerprint density at radius 2 is 2.10 bits per heavy atom. The van der Waals surface area contributed by atoms with Gasteiger partial charge in [0.2, 0.25) is 5.91 Å². The molecule has 0 unspecified atom stereocenters. The van der Waals surface area contributed by atoms with Crippen molar-refractivity contribution in [2.75, 3.05) is 13.7 Å². The first-order valence-corrected chi connectivity index (χ1v) is 7.07. The van der Waals surface area contributed by atoms with Crippen LogP contribution < -0.4 is 0 Å². The molecule has 5 heteroatoms. The van der Waals surface area contributed by atoms with Crippen LogP contribution in [0.3, 0.4) is 0 Å². The Morgan fingerprint density at radius 3 is 2.71 bits per heavy atom. The minimum atomic E-state index is -0.349. The van der Waals surface area contributed by atoms with Gasteiger partial charge in [0, 0.05) is 13.0 Å². The molecule has 0 aliphatic carbocycles. The van der Waals surface area contributed by atoms with E-state index in [1.165, 1.54) is 7.11 Å². The molecule has 21 heavy (non-hydrogen) atoms. The number of aryl methyl sites for hydroxylation is 1. The summed E-state index contributed by atoms with van der Waals surface area (Å²) in [5.74, 6) is -0.286. The topological polar surface area (TPSA) is 63.7 Å². The molecule has 1 saturated heterocycles. The van der Waals surface area contributed by atoms with Crippen LogP contribution in [0.5, 0.6) is 0 Å². The monoisotopic (exact) mass is 289 g/mol. The number of nitrogens with zero attached hydrogens (tertiary/aromatic N) is 1. The van der Waals surface area contributed by atoms with Gasteiger partial charge in [-0.3, -0.25) is 4.79 Å². The van der Waals surface area contributed by atoms with Crippen molar-refractivity contribution in [3.8, 4) is 0 Å². The van der Waals surface area contributed by atoms with Gasteiger partial charge in [0.1, 0.15) is 6.29 Å². The second-order valence-corrected chi connectivity index (χ2v) is 5.12. The van der Waals surface area contributed by atoms with Gasteiger partial charge in [0.15, 0.2) is 0 Å². The lowest BCUT2D eigenvalue weighted by molar-refractivity contribution is -0.131. The fraction of sp³-hybridized carbons (Fsp3) is 0.438. The van der Waals surface area contributed by atoms with Crippen LogP contribution >= 0.6 is 0 Å². The Labute approximate surface area is 123 Å². The van der Waals surface area contributed by atoms with E-state index in [1.807, 2.05) is 12.1 Å². The van der Waals surface area contributed by atoms with Crippen LogP contribution in [-0.2, 0) is 20.7 Å². The summed E-state index contributed by atoms with van der Waals surface area (Å²) in [4.78, 5) is 35.5. The number of likely N-dealkylation sites (tertiary alicyclic amines) is 1. The van der Waals surface area contributed by atoms with Crippen LogP contribution in [0.4, 0.5) is 0 Å². The molecule has 0 saturated carbocycles. The normalized spacial score (nSPS) is 17.9. The zero-order valence-corrected chi connectivity index (χ0v) is 12.1. The van der Waals surface area contributed by atoms with E-state index in [2.05, 4.69) is 4.74 Å². The van der Waals surface area contributed by atoms with E-state index in [4.69, 9.17) is 0 Å². The number of carbonyl (C=O) groups is 3. The molecule has 0 spiro atoms. The van der Waals surface area contributed by atoms with E-state index < -0.39 is 0 Å².